The second kappa shape index (κ2) is 5.05. The number of rotatable bonds is 6. The summed E-state index contributed by atoms with van der Waals surface area (Å²) < 4.78 is 0. The van der Waals surface area contributed by atoms with Gasteiger partial charge in [0.05, 0.1) is 0 Å². The zero-order valence-electron chi connectivity index (χ0n) is 12.6. The first kappa shape index (κ1) is 13.9. The maximum Gasteiger partial charge on any atom is 0.235 e. The van der Waals surface area contributed by atoms with Crippen molar-refractivity contribution < 1.29 is 9.59 Å². The monoisotopic (exact) mass is 278 g/mol. The van der Waals surface area contributed by atoms with Gasteiger partial charge in [-0.3, -0.25) is 9.59 Å². The first-order valence-corrected chi connectivity index (χ1v) is 8.15. The fourth-order valence-corrected chi connectivity index (χ4v) is 3.21. The molecule has 2 atom stereocenters. The van der Waals surface area contributed by atoms with Crippen molar-refractivity contribution in [3.8, 4) is 0 Å². The van der Waals surface area contributed by atoms with E-state index < -0.39 is 5.41 Å². The van der Waals surface area contributed by atoms with Crippen LogP contribution in [0.5, 0.6) is 0 Å². The summed E-state index contributed by atoms with van der Waals surface area (Å²) in [4.78, 5) is 25.1. The molecule has 0 aromatic rings. The Morgan fingerprint density at radius 3 is 1.55 bits per heavy atom. The van der Waals surface area contributed by atoms with Crippen LogP contribution in [0.3, 0.4) is 0 Å². The van der Waals surface area contributed by atoms with Gasteiger partial charge in [0.25, 0.3) is 0 Å². The summed E-state index contributed by atoms with van der Waals surface area (Å²) in [7, 11) is 0. The lowest BCUT2D eigenvalue weighted by Gasteiger charge is -2.40. The number of carbonyl (C=O) groups is 2. The summed E-state index contributed by atoms with van der Waals surface area (Å²) in [5.41, 5.74) is -0.772. The maximum atomic E-state index is 12.5. The second-order valence-corrected chi connectivity index (χ2v) is 7.13. The molecule has 2 N–H and O–H groups in total. The Balaban J connectivity index is 1.59. The molecule has 3 aliphatic rings. The Kier molecular flexibility index (Phi) is 3.51. The molecule has 3 fully saturated rings. The third kappa shape index (κ3) is 2.57. The van der Waals surface area contributed by atoms with Crippen molar-refractivity contribution in [2.75, 3.05) is 0 Å². The average Bonchev–Trinajstić information content (AvgIpc) is 3.18. The van der Waals surface area contributed by atoms with Crippen molar-refractivity contribution in [2.45, 2.75) is 70.9 Å². The highest BCUT2D eigenvalue weighted by Gasteiger charge is 2.52. The molecule has 0 saturated heterocycles. The molecule has 0 aromatic heterocycles. The predicted octanol–water partition coefficient (Wildman–Crippen LogP) is 1.99. The lowest BCUT2D eigenvalue weighted by atomic mass is 9.67. The van der Waals surface area contributed by atoms with E-state index in [1.165, 1.54) is 25.7 Å². The minimum absolute atomic E-state index is 0.0383. The Morgan fingerprint density at radius 1 is 0.900 bits per heavy atom. The fraction of sp³-hybridized carbons (Fsp3) is 0.875. The average molecular weight is 278 g/mol. The van der Waals surface area contributed by atoms with Crippen LogP contribution >= 0.6 is 0 Å². The zero-order chi connectivity index (χ0) is 14.3. The van der Waals surface area contributed by atoms with Crippen molar-refractivity contribution in [3.05, 3.63) is 0 Å². The van der Waals surface area contributed by atoms with Gasteiger partial charge in [-0.1, -0.05) is 6.42 Å². The van der Waals surface area contributed by atoms with Crippen molar-refractivity contribution >= 4 is 11.8 Å². The molecular weight excluding hydrogens is 252 g/mol. The molecule has 112 valence electrons. The highest BCUT2D eigenvalue weighted by atomic mass is 16.2. The molecule has 0 spiro atoms. The molecule has 0 radical (unpaired) electrons. The SMILES string of the molecule is C[C@@H](NC(=O)C1(C(=O)N[C@H](C)C2CC2)CCC1)C1CC1. The summed E-state index contributed by atoms with van der Waals surface area (Å²) in [5.74, 6) is 1.18. The Hall–Kier alpha value is -1.06. The number of hydrogen-bond donors (Lipinski definition) is 2. The van der Waals surface area contributed by atoms with E-state index in [1.54, 1.807) is 0 Å². The lowest BCUT2D eigenvalue weighted by molar-refractivity contribution is -0.150. The smallest absolute Gasteiger partial charge is 0.235 e. The Labute approximate surface area is 121 Å². The lowest BCUT2D eigenvalue weighted by Crippen LogP contribution is -2.58. The van der Waals surface area contributed by atoms with E-state index in [9.17, 15) is 9.59 Å². The van der Waals surface area contributed by atoms with Crippen LogP contribution in [0, 0.1) is 17.3 Å². The van der Waals surface area contributed by atoms with E-state index in [0.29, 0.717) is 24.7 Å². The topological polar surface area (TPSA) is 58.2 Å². The number of carbonyl (C=O) groups excluding carboxylic acids is 2. The van der Waals surface area contributed by atoms with Gasteiger partial charge >= 0.3 is 0 Å². The zero-order valence-corrected chi connectivity index (χ0v) is 12.6. The summed E-state index contributed by atoms with van der Waals surface area (Å²) in [6, 6.07) is 0.433. The Bertz CT molecular complexity index is 375. The molecule has 3 saturated carbocycles. The molecule has 0 heterocycles. The van der Waals surface area contributed by atoms with Gasteiger partial charge in [-0.2, -0.15) is 0 Å². The van der Waals surface area contributed by atoms with E-state index in [2.05, 4.69) is 24.5 Å². The Morgan fingerprint density at radius 2 is 1.30 bits per heavy atom. The number of nitrogens with one attached hydrogen (secondary N) is 2. The number of hydrogen-bond acceptors (Lipinski definition) is 2. The first-order valence-electron chi connectivity index (χ1n) is 8.15. The van der Waals surface area contributed by atoms with Crippen LogP contribution in [-0.4, -0.2) is 23.9 Å². The van der Waals surface area contributed by atoms with E-state index in [0.717, 1.165) is 6.42 Å². The molecule has 0 unspecified atom stereocenters. The van der Waals surface area contributed by atoms with Crippen LogP contribution in [0.2, 0.25) is 0 Å². The molecule has 3 rings (SSSR count). The van der Waals surface area contributed by atoms with Crippen molar-refractivity contribution in [2.24, 2.45) is 17.3 Å². The van der Waals surface area contributed by atoms with E-state index in [1.807, 2.05) is 0 Å². The molecule has 4 heteroatoms. The highest BCUT2D eigenvalue weighted by molar-refractivity contribution is 6.06. The normalized spacial score (nSPS) is 27.1. The van der Waals surface area contributed by atoms with Crippen LogP contribution in [0.4, 0.5) is 0 Å². The van der Waals surface area contributed by atoms with Crippen LogP contribution in [0.25, 0.3) is 0 Å². The molecule has 0 aromatic carbocycles. The van der Waals surface area contributed by atoms with Crippen molar-refractivity contribution in [1.82, 2.24) is 10.6 Å². The third-order valence-corrected chi connectivity index (χ3v) is 5.45. The van der Waals surface area contributed by atoms with Crippen LogP contribution < -0.4 is 10.6 Å². The second-order valence-electron chi connectivity index (χ2n) is 7.13. The van der Waals surface area contributed by atoms with E-state index >= 15 is 0 Å². The van der Waals surface area contributed by atoms with Crippen LogP contribution in [0.15, 0.2) is 0 Å². The highest BCUT2D eigenvalue weighted by Crippen LogP contribution is 2.43. The molecule has 4 nitrogen and oxygen atoms in total. The summed E-state index contributed by atoms with van der Waals surface area (Å²) in [5, 5.41) is 6.17. The van der Waals surface area contributed by atoms with Gasteiger partial charge in [0.1, 0.15) is 5.41 Å². The maximum absolute atomic E-state index is 12.5. The fourth-order valence-electron chi connectivity index (χ4n) is 3.21. The summed E-state index contributed by atoms with van der Waals surface area (Å²) in [6.07, 6.45) is 7.23. The van der Waals surface area contributed by atoms with Gasteiger partial charge in [0.2, 0.25) is 11.8 Å². The third-order valence-electron chi connectivity index (χ3n) is 5.45. The summed E-state index contributed by atoms with van der Waals surface area (Å²) >= 11 is 0. The number of amides is 2. The molecule has 0 aliphatic heterocycles. The van der Waals surface area contributed by atoms with Crippen molar-refractivity contribution in [1.29, 1.82) is 0 Å². The van der Waals surface area contributed by atoms with Crippen LogP contribution in [-0.2, 0) is 9.59 Å². The van der Waals surface area contributed by atoms with Gasteiger partial charge < -0.3 is 10.6 Å². The van der Waals surface area contributed by atoms with Crippen molar-refractivity contribution in [3.63, 3.8) is 0 Å². The molecule has 3 aliphatic carbocycles. The van der Waals surface area contributed by atoms with Crippen LogP contribution in [0.1, 0.15) is 58.8 Å². The molecule has 0 bridgehead atoms. The van der Waals surface area contributed by atoms with E-state index in [4.69, 9.17) is 0 Å². The quantitative estimate of drug-likeness (QED) is 0.730. The van der Waals surface area contributed by atoms with Gasteiger partial charge in [0.15, 0.2) is 0 Å². The minimum atomic E-state index is -0.772. The summed E-state index contributed by atoms with van der Waals surface area (Å²) in [6.45, 7) is 4.12. The first-order chi connectivity index (χ1) is 9.53. The molecule has 20 heavy (non-hydrogen) atoms. The minimum Gasteiger partial charge on any atom is -0.352 e. The van der Waals surface area contributed by atoms with Gasteiger partial charge in [-0.05, 0) is 64.2 Å². The molecule has 2 amide bonds. The largest absolute Gasteiger partial charge is 0.352 e. The molecular formula is C16H26N2O2. The van der Waals surface area contributed by atoms with E-state index in [-0.39, 0.29) is 23.9 Å². The van der Waals surface area contributed by atoms with Gasteiger partial charge in [0, 0.05) is 12.1 Å². The standard InChI is InChI=1S/C16H26N2O2/c1-10(12-4-5-12)17-14(19)16(8-3-9-16)15(20)18-11(2)13-6-7-13/h10-13H,3-9H2,1-2H3,(H,17,19)(H,18,20)/t10-,11-/m1/s1. The van der Waals surface area contributed by atoms with Gasteiger partial charge in [-0.15, -0.1) is 0 Å². The predicted molar refractivity (Wildman–Crippen MR) is 76.9 cm³/mol. The van der Waals surface area contributed by atoms with Gasteiger partial charge in [-0.25, -0.2) is 0 Å².